The van der Waals surface area contributed by atoms with Gasteiger partial charge in [-0.25, -0.2) is 4.98 Å². The van der Waals surface area contributed by atoms with Gasteiger partial charge in [0.25, 0.3) is 0 Å². The number of hydrogen-bond acceptors (Lipinski definition) is 4. The normalized spacial score (nSPS) is 10.7. The van der Waals surface area contributed by atoms with E-state index in [1.807, 2.05) is 47.2 Å². The smallest absolute Gasteiger partial charge is 0.242 e. The number of imidazole rings is 1. The van der Waals surface area contributed by atoms with Crippen molar-refractivity contribution in [1.29, 1.82) is 5.26 Å². The fraction of sp³-hybridized carbons (Fsp3) is 0.250. The number of carbonyl (C=O) groups excluding carboxylic acids is 1. The summed E-state index contributed by atoms with van der Waals surface area (Å²) >= 11 is 1.69. The zero-order valence-corrected chi connectivity index (χ0v) is 15.7. The lowest BCUT2D eigenvalue weighted by atomic mass is 10.1. The van der Waals surface area contributed by atoms with Gasteiger partial charge in [0.15, 0.2) is 0 Å². The van der Waals surface area contributed by atoms with Crippen molar-refractivity contribution < 1.29 is 4.79 Å². The highest BCUT2D eigenvalue weighted by molar-refractivity contribution is 7.97. The van der Waals surface area contributed by atoms with E-state index in [1.165, 1.54) is 0 Å². The summed E-state index contributed by atoms with van der Waals surface area (Å²) < 4.78 is 2.00. The molecule has 0 saturated heterocycles. The molecule has 0 radical (unpaired) electrons. The minimum Gasteiger partial charge on any atom is -0.340 e. The van der Waals surface area contributed by atoms with E-state index in [1.54, 1.807) is 35.8 Å². The van der Waals surface area contributed by atoms with Crippen molar-refractivity contribution in [2.75, 3.05) is 13.3 Å². The maximum Gasteiger partial charge on any atom is 0.242 e. The van der Waals surface area contributed by atoms with E-state index in [0.29, 0.717) is 12.1 Å². The molecule has 0 unspecified atom stereocenters. The Kier molecular flexibility index (Phi) is 5.59. The van der Waals surface area contributed by atoms with Crippen LogP contribution in [0.2, 0.25) is 0 Å². The molecule has 2 aromatic carbocycles. The molecule has 0 atom stereocenters. The van der Waals surface area contributed by atoms with Crippen molar-refractivity contribution in [3.8, 4) is 6.07 Å². The third-order valence-electron chi connectivity index (χ3n) is 4.23. The van der Waals surface area contributed by atoms with E-state index >= 15 is 0 Å². The Morgan fingerprint density at radius 3 is 2.65 bits per heavy atom. The van der Waals surface area contributed by atoms with Crippen molar-refractivity contribution in [2.24, 2.45) is 0 Å². The molecule has 1 amide bonds. The maximum absolute atomic E-state index is 12.8. The monoisotopic (exact) mass is 364 g/mol. The van der Waals surface area contributed by atoms with Crippen LogP contribution >= 0.6 is 11.8 Å². The van der Waals surface area contributed by atoms with Gasteiger partial charge >= 0.3 is 0 Å². The first-order valence-electron chi connectivity index (χ1n) is 8.28. The van der Waals surface area contributed by atoms with Crippen LogP contribution in [0.4, 0.5) is 0 Å². The SMILES string of the molecule is CSCc1nc2ccccc2n1CC(=O)N(C)Cc1ccc(C#N)cc1. The van der Waals surface area contributed by atoms with Gasteiger partial charge in [0.1, 0.15) is 12.4 Å². The fourth-order valence-electron chi connectivity index (χ4n) is 2.84. The van der Waals surface area contributed by atoms with Crippen LogP contribution in [0.25, 0.3) is 11.0 Å². The Morgan fingerprint density at radius 2 is 1.96 bits per heavy atom. The van der Waals surface area contributed by atoms with Gasteiger partial charge in [-0.3, -0.25) is 4.79 Å². The topological polar surface area (TPSA) is 61.9 Å². The zero-order valence-electron chi connectivity index (χ0n) is 14.8. The van der Waals surface area contributed by atoms with Crippen LogP contribution in [0.1, 0.15) is 17.0 Å². The van der Waals surface area contributed by atoms with Gasteiger partial charge in [-0.05, 0) is 36.1 Å². The minimum absolute atomic E-state index is 0.0277. The molecule has 0 spiro atoms. The second-order valence-corrected chi connectivity index (χ2v) is 6.96. The number of hydrogen-bond donors (Lipinski definition) is 0. The summed E-state index contributed by atoms with van der Waals surface area (Å²) in [7, 11) is 1.80. The first kappa shape index (κ1) is 18.0. The molecule has 0 aliphatic rings. The number of aromatic nitrogens is 2. The van der Waals surface area contributed by atoms with E-state index in [-0.39, 0.29) is 12.5 Å². The van der Waals surface area contributed by atoms with Gasteiger partial charge in [-0.15, -0.1) is 0 Å². The number of benzene rings is 2. The fourth-order valence-corrected chi connectivity index (χ4v) is 3.32. The summed E-state index contributed by atoms with van der Waals surface area (Å²) in [5.41, 5.74) is 3.52. The van der Waals surface area contributed by atoms with E-state index in [0.717, 1.165) is 28.2 Å². The number of thioether (sulfide) groups is 1. The highest BCUT2D eigenvalue weighted by Gasteiger charge is 2.16. The molecule has 1 aromatic heterocycles. The Morgan fingerprint density at radius 1 is 1.23 bits per heavy atom. The van der Waals surface area contributed by atoms with Crippen molar-refractivity contribution in [3.05, 3.63) is 65.5 Å². The molecule has 0 N–H and O–H groups in total. The second-order valence-electron chi connectivity index (χ2n) is 6.09. The number of fused-ring (bicyclic) bond motifs is 1. The zero-order chi connectivity index (χ0) is 18.5. The third kappa shape index (κ3) is 3.89. The molecule has 0 aliphatic heterocycles. The van der Waals surface area contributed by atoms with Gasteiger partial charge in [0, 0.05) is 13.6 Å². The van der Waals surface area contributed by atoms with Crippen LogP contribution in [0, 0.1) is 11.3 Å². The number of rotatable bonds is 6. The highest BCUT2D eigenvalue weighted by Crippen LogP contribution is 2.19. The van der Waals surface area contributed by atoms with Gasteiger partial charge < -0.3 is 9.47 Å². The summed E-state index contributed by atoms with van der Waals surface area (Å²) in [5, 5.41) is 8.87. The lowest BCUT2D eigenvalue weighted by Crippen LogP contribution is -2.30. The van der Waals surface area contributed by atoms with Crippen molar-refractivity contribution in [3.63, 3.8) is 0 Å². The van der Waals surface area contributed by atoms with Gasteiger partial charge in [0.05, 0.1) is 28.4 Å². The third-order valence-corrected chi connectivity index (χ3v) is 4.78. The van der Waals surface area contributed by atoms with Crippen LogP contribution in [-0.2, 0) is 23.6 Å². The second kappa shape index (κ2) is 8.07. The van der Waals surface area contributed by atoms with Crippen LogP contribution in [0.15, 0.2) is 48.5 Å². The van der Waals surface area contributed by atoms with Crippen LogP contribution in [0.5, 0.6) is 0 Å². The molecule has 6 heteroatoms. The molecule has 132 valence electrons. The molecule has 26 heavy (non-hydrogen) atoms. The van der Waals surface area contributed by atoms with Crippen LogP contribution < -0.4 is 0 Å². The highest BCUT2D eigenvalue weighted by atomic mass is 32.2. The average molecular weight is 364 g/mol. The number of para-hydroxylation sites is 2. The molecule has 3 rings (SSSR count). The molecule has 0 aliphatic carbocycles. The molecule has 0 fully saturated rings. The summed E-state index contributed by atoms with van der Waals surface area (Å²) in [5.74, 6) is 1.71. The van der Waals surface area contributed by atoms with Crippen molar-refractivity contribution in [1.82, 2.24) is 14.5 Å². The Hall–Kier alpha value is -2.78. The maximum atomic E-state index is 12.8. The quantitative estimate of drug-likeness (QED) is 0.672. The number of nitrogens with zero attached hydrogens (tertiary/aromatic N) is 4. The molecule has 0 saturated carbocycles. The van der Waals surface area contributed by atoms with Crippen LogP contribution in [-0.4, -0.2) is 33.7 Å². The summed E-state index contributed by atoms with van der Waals surface area (Å²) in [4.78, 5) is 19.1. The lowest BCUT2D eigenvalue weighted by Gasteiger charge is -2.19. The molecular weight excluding hydrogens is 344 g/mol. The lowest BCUT2D eigenvalue weighted by molar-refractivity contribution is -0.131. The minimum atomic E-state index is 0.0277. The van der Waals surface area contributed by atoms with E-state index in [4.69, 9.17) is 5.26 Å². The average Bonchev–Trinajstić information content (AvgIpc) is 3.00. The number of carbonyl (C=O) groups is 1. The van der Waals surface area contributed by atoms with Gasteiger partial charge in [-0.1, -0.05) is 24.3 Å². The van der Waals surface area contributed by atoms with Crippen molar-refractivity contribution in [2.45, 2.75) is 18.8 Å². The predicted octanol–water partition coefficient (Wildman–Crippen LogP) is 3.43. The number of likely N-dealkylation sites (N-methyl/N-ethyl adjacent to an activating group) is 1. The van der Waals surface area contributed by atoms with Gasteiger partial charge in [-0.2, -0.15) is 17.0 Å². The summed E-state index contributed by atoms with van der Waals surface area (Å²) in [6, 6.07) is 17.3. The standard InChI is InChI=1S/C20H20N4OS/c1-23(12-16-9-7-15(11-21)8-10-16)20(25)13-24-18-6-4-3-5-17(18)22-19(24)14-26-2/h3-10H,12-14H2,1-2H3. The first-order valence-corrected chi connectivity index (χ1v) is 9.68. The molecule has 1 heterocycles. The number of amides is 1. The molecule has 5 nitrogen and oxygen atoms in total. The first-order chi connectivity index (χ1) is 12.6. The summed E-state index contributed by atoms with van der Waals surface area (Å²) in [6.07, 6.45) is 2.03. The number of nitriles is 1. The largest absolute Gasteiger partial charge is 0.340 e. The summed E-state index contributed by atoms with van der Waals surface area (Å²) in [6.45, 7) is 0.776. The predicted molar refractivity (Wildman–Crippen MR) is 105 cm³/mol. The Labute approximate surface area is 157 Å². The Balaban J connectivity index is 1.77. The van der Waals surface area contributed by atoms with Gasteiger partial charge in [0.2, 0.25) is 5.91 Å². The van der Waals surface area contributed by atoms with E-state index in [9.17, 15) is 4.79 Å². The molecule has 0 bridgehead atoms. The van der Waals surface area contributed by atoms with Crippen LogP contribution in [0.3, 0.4) is 0 Å². The Bertz CT molecular complexity index is 956. The van der Waals surface area contributed by atoms with E-state index in [2.05, 4.69) is 11.1 Å². The molecule has 3 aromatic rings. The molecular formula is C20H20N4OS. The van der Waals surface area contributed by atoms with Crippen molar-refractivity contribution >= 4 is 28.7 Å². The van der Waals surface area contributed by atoms with E-state index < -0.39 is 0 Å².